The molecule has 0 aliphatic heterocycles. The van der Waals surface area contributed by atoms with E-state index in [1.807, 2.05) is 0 Å². The fourth-order valence-electron chi connectivity index (χ4n) is 1.15. The predicted octanol–water partition coefficient (Wildman–Crippen LogP) is 0.837. The van der Waals surface area contributed by atoms with Gasteiger partial charge in [-0.05, 0) is 13.0 Å². The van der Waals surface area contributed by atoms with Gasteiger partial charge in [-0.2, -0.15) is 0 Å². The Bertz CT molecular complexity index is 402. The molecule has 5 nitrogen and oxygen atoms in total. The number of hydrogen-bond acceptors (Lipinski definition) is 3. The lowest BCUT2D eigenvalue weighted by Gasteiger charge is -2.08. The Balaban J connectivity index is 3.04. The summed E-state index contributed by atoms with van der Waals surface area (Å²) in [5.74, 6) is -0.285. The molecule has 0 aromatic carbocycles. The van der Waals surface area contributed by atoms with Gasteiger partial charge in [0.15, 0.2) is 0 Å². The zero-order chi connectivity index (χ0) is 11.4. The third-order valence-corrected chi connectivity index (χ3v) is 2.05. The highest BCUT2D eigenvalue weighted by molar-refractivity contribution is 5.97. The van der Waals surface area contributed by atoms with E-state index in [0.29, 0.717) is 23.4 Å². The number of hydrogen-bond donors (Lipinski definition) is 2. The minimum absolute atomic E-state index is 0.146. The second-order valence-corrected chi connectivity index (χ2v) is 3.10. The molecular weight excluding hydrogens is 194 g/mol. The number of anilines is 1. The molecule has 0 aliphatic carbocycles. The zero-order valence-corrected chi connectivity index (χ0v) is 8.70. The largest absolute Gasteiger partial charge is 0.366 e. The lowest BCUT2D eigenvalue weighted by molar-refractivity contribution is -0.115. The summed E-state index contributed by atoms with van der Waals surface area (Å²) in [5, 5.41) is 2.60. The smallest absolute Gasteiger partial charge is 0.249 e. The Morgan fingerprint density at radius 3 is 2.73 bits per heavy atom. The second kappa shape index (κ2) is 4.54. The van der Waals surface area contributed by atoms with Crippen LogP contribution in [-0.2, 0) is 4.79 Å². The van der Waals surface area contributed by atoms with Crippen LogP contribution in [0.15, 0.2) is 12.3 Å². The van der Waals surface area contributed by atoms with Gasteiger partial charge in [0, 0.05) is 23.7 Å². The molecule has 15 heavy (non-hydrogen) atoms. The summed E-state index contributed by atoms with van der Waals surface area (Å²) >= 11 is 0. The lowest BCUT2D eigenvalue weighted by Crippen LogP contribution is -2.17. The molecule has 2 amide bonds. The summed E-state index contributed by atoms with van der Waals surface area (Å²) in [6, 6.07) is 1.53. The number of nitrogens with one attached hydrogen (secondary N) is 1. The second-order valence-electron chi connectivity index (χ2n) is 3.10. The molecule has 0 fully saturated rings. The van der Waals surface area contributed by atoms with E-state index in [1.165, 1.54) is 12.3 Å². The first-order chi connectivity index (χ1) is 7.06. The van der Waals surface area contributed by atoms with Crippen LogP contribution in [0.25, 0.3) is 0 Å². The Kier molecular flexibility index (Phi) is 3.38. The molecule has 0 bridgehead atoms. The summed E-state index contributed by atoms with van der Waals surface area (Å²) < 4.78 is 0. The fourth-order valence-corrected chi connectivity index (χ4v) is 1.15. The van der Waals surface area contributed by atoms with Crippen LogP contribution < -0.4 is 11.1 Å². The first-order valence-corrected chi connectivity index (χ1v) is 4.61. The molecule has 1 aromatic heterocycles. The lowest BCUT2D eigenvalue weighted by atomic mass is 10.1. The number of pyridine rings is 1. The normalized spacial score (nSPS) is 9.73. The number of primary amides is 1. The number of carbonyl (C=O) groups excluding carboxylic acids is 2. The molecule has 0 saturated carbocycles. The standard InChI is InChI=1S/C10H13N3O2/c1-3-8(14)13-10-6(2)7(9(11)15)4-5-12-10/h4-5H,3H2,1-2H3,(H2,11,15)(H,12,13,14). The third-order valence-electron chi connectivity index (χ3n) is 2.05. The molecule has 0 radical (unpaired) electrons. The number of carbonyl (C=O) groups is 2. The summed E-state index contributed by atoms with van der Waals surface area (Å²) in [7, 11) is 0. The number of amides is 2. The van der Waals surface area contributed by atoms with Crippen molar-refractivity contribution in [1.82, 2.24) is 4.98 Å². The van der Waals surface area contributed by atoms with Crippen molar-refractivity contribution in [2.75, 3.05) is 5.32 Å². The topological polar surface area (TPSA) is 85.1 Å². The van der Waals surface area contributed by atoms with Crippen LogP contribution in [0.2, 0.25) is 0 Å². The van der Waals surface area contributed by atoms with Crippen molar-refractivity contribution in [2.24, 2.45) is 5.73 Å². The Morgan fingerprint density at radius 2 is 2.20 bits per heavy atom. The van der Waals surface area contributed by atoms with Crippen molar-refractivity contribution in [3.05, 3.63) is 23.4 Å². The average Bonchev–Trinajstić information content (AvgIpc) is 2.20. The fraction of sp³-hybridized carbons (Fsp3) is 0.300. The first-order valence-electron chi connectivity index (χ1n) is 4.61. The van der Waals surface area contributed by atoms with Gasteiger partial charge in [0.25, 0.3) is 0 Å². The quantitative estimate of drug-likeness (QED) is 0.770. The van der Waals surface area contributed by atoms with Crippen LogP contribution >= 0.6 is 0 Å². The predicted molar refractivity (Wildman–Crippen MR) is 56.4 cm³/mol. The number of nitrogens with zero attached hydrogens (tertiary/aromatic N) is 1. The molecule has 3 N–H and O–H groups in total. The third kappa shape index (κ3) is 2.52. The van der Waals surface area contributed by atoms with Crippen molar-refractivity contribution in [1.29, 1.82) is 0 Å². The van der Waals surface area contributed by atoms with Gasteiger partial charge in [0.05, 0.1) is 0 Å². The Morgan fingerprint density at radius 1 is 1.53 bits per heavy atom. The molecule has 1 heterocycles. The zero-order valence-electron chi connectivity index (χ0n) is 8.70. The van der Waals surface area contributed by atoms with Crippen LogP contribution in [0.4, 0.5) is 5.82 Å². The molecule has 0 unspecified atom stereocenters. The van der Waals surface area contributed by atoms with E-state index in [-0.39, 0.29) is 5.91 Å². The minimum atomic E-state index is -0.526. The van der Waals surface area contributed by atoms with Crippen LogP contribution in [0.5, 0.6) is 0 Å². The molecule has 1 rings (SSSR count). The van der Waals surface area contributed by atoms with E-state index >= 15 is 0 Å². The van der Waals surface area contributed by atoms with Crippen LogP contribution in [0.3, 0.4) is 0 Å². The van der Waals surface area contributed by atoms with E-state index in [2.05, 4.69) is 10.3 Å². The van der Waals surface area contributed by atoms with Crippen LogP contribution in [0.1, 0.15) is 29.3 Å². The van der Waals surface area contributed by atoms with Crippen molar-refractivity contribution >= 4 is 17.6 Å². The number of aromatic nitrogens is 1. The minimum Gasteiger partial charge on any atom is -0.366 e. The SMILES string of the molecule is CCC(=O)Nc1nccc(C(N)=O)c1C. The average molecular weight is 207 g/mol. The summed E-state index contributed by atoms with van der Waals surface area (Å²) in [4.78, 5) is 26.1. The first kappa shape index (κ1) is 11.2. The molecule has 5 heteroatoms. The highest BCUT2D eigenvalue weighted by Gasteiger charge is 2.10. The summed E-state index contributed by atoms with van der Waals surface area (Å²) in [6.07, 6.45) is 1.81. The maximum Gasteiger partial charge on any atom is 0.249 e. The van der Waals surface area contributed by atoms with Gasteiger partial charge >= 0.3 is 0 Å². The van der Waals surface area contributed by atoms with Gasteiger partial charge in [0.2, 0.25) is 11.8 Å². The van der Waals surface area contributed by atoms with E-state index in [4.69, 9.17) is 5.73 Å². The van der Waals surface area contributed by atoms with E-state index in [1.54, 1.807) is 13.8 Å². The summed E-state index contributed by atoms with van der Waals surface area (Å²) in [5.41, 5.74) is 6.13. The van der Waals surface area contributed by atoms with Gasteiger partial charge in [0.1, 0.15) is 5.82 Å². The molecule has 80 valence electrons. The van der Waals surface area contributed by atoms with Crippen molar-refractivity contribution in [3.63, 3.8) is 0 Å². The van der Waals surface area contributed by atoms with E-state index < -0.39 is 5.91 Å². The van der Waals surface area contributed by atoms with Gasteiger partial charge in [-0.1, -0.05) is 6.92 Å². The highest BCUT2D eigenvalue weighted by atomic mass is 16.2. The van der Waals surface area contributed by atoms with Gasteiger partial charge in [-0.3, -0.25) is 9.59 Å². The molecule has 0 spiro atoms. The molecular formula is C10H13N3O2. The van der Waals surface area contributed by atoms with Gasteiger partial charge in [-0.15, -0.1) is 0 Å². The van der Waals surface area contributed by atoms with Crippen molar-refractivity contribution < 1.29 is 9.59 Å². The van der Waals surface area contributed by atoms with Crippen LogP contribution in [0, 0.1) is 6.92 Å². The van der Waals surface area contributed by atoms with Gasteiger partial charge in [-0.25, -0.2) is 4.98 Å². The van der Waals surface area contributed by atoms with Crippen molar-refractivity contribution in [2.45, 2.75) is 20.3 Å². The molecule has 0 aliphatic rings. The number of nitrogens with two attached hydrogens (primary N) is 1. The maximum absolute atomic E-state index is 11.1. The van der Waals surface area contributed by atoms with Gasteiger partial charge < -0.3 is 11.1 Å². The Hall–Kier alpha value is -1.91. The number of rotatable bonds is 3. The molecule has 0 saturated heterocycles. The molecule has 1 aromatic rings. The Labute approximate surface area is 87.7 Å². The van der Waals surface area contributed by atoms with Crippen LogP contribution in [-0.4, -0.2) is 16.8 Å². The maximum atomic E-state index is 11.1. The monoisotopic (exact) mass is 207 g/mol. The van der Waals surface area contributed by atoms with E-state index in [0.717, 1.165) is 0 Å². The molecule has 0 atom stereocenters. The van der Waals surface area contributed by atoms with E-state index in [9.17, 15) is 9.59 Å². The van der Waals surface area contributed by atoms with Crippen molar-refractivity contribution in [3.8, 4) is 0 Å². The summed E-state index contributed by atoms with van der Waals surface area (Å²) in [6.45, 7) is 3.43. The highest BCUT2D eigenvalue weighted by Crippen LogP contribution is 2.15.